The molecule has 0 spiro atoms. The molecule has 0 aromatic heterocycles. The predicted octanol–water partition coefficient (Wildman–Crippen LogP) is 6.13. The number of methoxy groups -OCH3 is 1. The number of ether oxygens (including phenoxy) is 3. The summed E-state index contributed by atoms with van der Waals surface area (Å²) in [6.45, 7) is 7.10. The zero-order valence-corrected chi connectivity index (χ0v) is 17.0. The molecular formula is C23H30F2O3. The smallest absolute Gasteiger partial charge is 0.196 e. The molecule has 3 nitrogen and oxygen atoms in total. The van der Waals surface area contributed by atoms with Crippen LogP contribution in [0.5, 0.6) is 0 Å². The summed E-state index contributed by atoms with van der Waals surface area (Å²) in [6, 6.07) is 8.48. The Morgan fingerprint density at radius 2 is 1.89 bits per heavy atom. The highest BCUT2D eigenvalue weighted by Crippen LogP contribution is 2.30. The van der Waals surface area contributed by atoms with E-state index in [1.165, 1.54) is 26.5 Å². The van der Waals surface area contributed by atoms with E-state index < -0.39 is 11.7 Å². The van der Waals surface area contributed by atoms with Gasteiger partial charge in [0.2, 0.25) is 0 Å². The zero-order valence-electron chi connectivity index (χ0n) is 17.0. The lowest BCUT2D eigenvalue weighted by Crippen LogP contribution is -2.28. The maximum absolute atomic E-state index is 14.0. The van der Waals surface area contributed by atoms with E-state index in [1.807, 2.05) is 6.08 Å². The third kappa shape index (κ3) is 6.28. The predicted molar refractivity (Wildman–Crippen MR) is 107 cm³/mol. The molecule has 2 rings (SSSR count). The molecule has 5 heteroatoms. The van der Waals surface area contributed by atoms with Crippen LogP contribution in [0.2, 0.25) is 0 Å². The van der Waals surface area contributed by atoms with Crippen molar-refractivity contribution >= 4 is 0 Å². The van der Waals surface area contributed by atoms with Gasteiger partial charge in [0.25, 0.3) is 0 Å². The third-order valence-corrected chi connectivity index (χ3v) is 4.94. The molecule has 0 amide bonds. The van der Waals surface area contributed by atoms with Crippen LogP contribution in [0.1, 0.15) is 50.3 Å². The number of allylic oxidation sites excluding steroid dienone is 4. The zero-order chi connectivity index (χ0) is 20.5. The van der Waals surface area contributed by atoms with Gasteiger partial charge in [0.05, 0.1) is 32.5 Å². The Bertz CT molecular complexity index is 699. The summed E-state index contributed by atoms with van der Waals surface area (Å²) < 4.78 is 44.2. The van der Waals surface area contributed by atoms with Gasteiger partial charge >= 0.3 is 0 Å². The monoisotopic (exact) mass is 392 g/mol. The average molecular weight is 392 g/mol. The summed E-state index contributed by atoms with van der Waals surface area (Å²) in [5, 5.41) is 0. The molecule has 0 aliphatic carbocycles. The van der Waals surface area contributed by atoms with Crippen molar-refractivity contribution < 1.29 is 23.0 Å². The van der Waals surface area contributed by atoms with Crippen molar-refractivity contribution in [2.24, 2.45) is 0 Å². The standard InChI is InChI=1S/C23H30F2O3/c1-5-6-7-18-8-10-19(11-9-18)21-13-12-20(15-28-21)27-14-16(2)22(24)23(25)17(3)26-4/h5,8-11,20-21H,1,6-7,12-15H2,2-4H3/b22-16-,23-17-. The maximum Gasteiger partial charge on any atom is 0.196 e. The number of hydrogen-bond donors (Lipinski definition) is 0. The molecule has 1 heterocycles. The molecule has 0 bridgehead atoms. The van der Waals surface area contributed by atoms with Crippen molar-refractivity contribution in [2.45, 2.75) is 51.7 Å². The molecule has 0 radical (unpaired) electrons. The van der Waals surface area contributed by atoms with E-state index in [0.717, 1.165) is 31.2 Å². The molecule has 2 unspecified atom stereocenters. The average Bonchev–Trinajstić information content (AvgIpc) is 2.75. The van der Waals surface area contributed by atoms with E-state index in [0.29, 0.717) is 6.61 Å². The van der Waals surface area contributed by atoms with Gasteiger partial charge in [-0.05, 0) is 56.2 Å². The van der Waals surface area contributed by atoms with Gasteiger partial charge in [-0.3, -0.25) is 0 Å². The van der Waals surface area contributed by atoms with Crippen molar-refractivity contribution in [3.05, 3.63) is 71.0 Å². The topological polar surface area (TPSA) is 27.7 Å². The molecule has 2 atom stereocenters. The van der Waals surface area contributed by atoms with Gasteiger partial charge in [0, 0.05) is 0 Å². The third-order valence-electron chi connectivity index (χ3n) is 4.94. The van der Waals surface area contributed by atoms with E-state index in [-0.39, 0.29) is 30.1 Å². The van der Waals surface area contributed by atoms with Crippen LogP contribution in [-0.4, -0.2) is 26.4 Å². The second-order valence-corrected chi connectivity index (χ2v) is 7.07. The largest absolute Gasteiger partial charge is 0.498 e. The van der Waals surface area contributed by atoms with Crippen LogP contribution < -0.4 is 0 Å². The van der Waals surface area contributed by atoms with Crippen molar-refractivity contribution in [2.75, 3.05) is 20.3 Å². The number of hydrogen-bond acceptors (Lipinski definition) is 3. The van der Waals surface area contributed by atoms with Crippen molar-refractivity contribution in [1.29, 1.82) is 0 Å². The first kappa shape index (κ1) is 22.3. The molecule has 1 saturated heterocycles. The van der Waals surface area contributed by atoms with Gasteiger partial charge < -0.3 is 14.2 Å². The van der Waals surface area contributed by atoms with Crippen LogP contribution in [-0.2, 0) is 20.6 Å². The molecule has 154 valence electrons. The SMILES string of the molecule is C=CCCc1ccc(C2CCC(OC/C(C)=C(F)/C(F)=C(\C)OC)CO2)cc1. The summed E-state index contributed by atoms with van der Waals surface area (Å²) >= 11 is 0. The maximum atomic E-state index is 14.0. The highest BCUT2D eigenvalue weighted by Gasteiger charge is 2.24. The minimum atomic E-state index is -0.986. The minimum Gasteiger partial charge on any atom is -0.498 e. The molecule has 0 N–H and O–H groups in total. The Balaban J connectivity index is 1.83. The first-order valence-corrected chi connectivity index (χ1v) is 9.65. The molecule has 1 aliphatic heterocycles. The first-order valence-electron chi connectivity index (χ1n) is 9.65. The lowest BCUT2D eigenvalue weighted by Gasteiger charge is -2.29. The van der Waals surface area contributed by atoms with Crippen LogP contribution in [0.3, 0.4) is 0 Å². The molecule has 1 aliphatic rings. The lowest BCUT2D eigenvalue weighted by molar-refractivity contribution is -0.0821. The van der Waals surface area contributed by atoms with E-state index >= 15 is 0 Å². The Hall–Kier alpha value is -1.98. The highest BCUT2D eigenvalue weighted by molar-refractivity contribution is 5.26. The number of rotatable bonds is 9. The van der Waals surface area contributed by atoms with Gasteiger partial charge in [0.15, 0.2) is 11.7 Å². The highest BCUT2D eigenvalue weighted by atomic mass is 19.2. The number of aryl methyl sites for hydroxylation is 1. The van der Waals surface area contributed by atoms with Gasteiger partial charge in [-0.15, -0.1) is 6.58 Å². The second-order valence-electron chi connectivity index (χ2n) is 7.07. The van der Waals surface area contributed by atoms with Crippen LogP contribution in [0.15, 0.2) is 59.9 Å². The van der Waals surface area contributed by atoms with E-state index in [2.05, 4.69) is 30.8 Å². The van der Waals surface area contributed by atoms with Gasteiger partial charge in [-0.1, -0.05) is 30.3 Å². The van der Waals surface area contributed by atoms with Crippen LogP contribution in [0.4, 0.5) is 8.78 Å². The van der Waals surface area contributed by atoms with E-state index in [4.69, 9.17) is 14.2 Å². The van der Waals surface area contributed by atoms with Crippen molar-refractivity contribution in [3.8, 4) is 0 Å². The molecule has 1 fully saturated rings. The molecule has 1 aromatic rings. The summed E-state index contributed by atoms with van der Waals surface area (Å²) in [6.07, 6.45) is 5.45. The summed E-state index contributed by atoms with van der Waals surface area (Å²) in [5.74, 6) is -2.00. The number of benzene rings is 1. The molecular weight excluding hydrogens is 362 g/mol. The molecule has 0 saturated carbocycles. The van der Waals surface area contributed by atoms with Gasteiger partial charge in [0.1, 0.15) is 5.76 Å². The lowest BCUT2D eigenvalue weighted by atomic mass is 9.98. The minimum absolute atomic E-state index is 0.0208. The second kappa shape index (κ2) is 11.1. The summed E-state index contributed by atoms with van der Waals surface area (Å²) in [7, 11) is 1.30. The van der Waals surface area contributed by atoms with Gasteiger partial charge in [-0.25, -0.2) is 8.78 Å². The van der Waals surface area contributed by atoms with Crippen LogP contribution >= 0.6 is 0 Å². The molecule has 1 aromatic carbocycles. The normalized spacial score (nSPS) is 21.6. The fourth-order valence-electron chi connectivity index (χ4n) is 3.03. The number of halogens is 2. The first-order chi connectivity index (χ1) is 13.5. The fourth-order valence-corrected chi connectivity index (χ4v) is 3.03. The van der Waals surface area contributed by atoms with Crippen LogP contribution in [0.25, 0.3) is 0 Å². The fraction of sp³-hybridized carbons (Fsp3) is 0.478. The van der Waals surface area contributed by atoms with Crippen molar-refractivity contribution in [1.82, 2.24) is 0 Å². The quantitative estimate of drug-likeness (QED) is 0.287. The Kier molecular flexibility index (Phi) is 8.87. The summed E-state index contributed by atoms with van der Waals surface area (Å²) in [5.41, 5.74) is 2.64. The van der Waals surface area contributed by atoms with Gasteiger partial charge in [-0.2, -0.15) is 0 Å². The Morgan fingerprint density at radius 1 is 1.18 bits per heavy atom. The summed E-state index contributed by atoms with van der Waals surface area (Å²) in [4.78, 5) is 0. The van der Waals surface area contributed by atoms with Crippen LogP contribution in [0, 0.1) is 0 Å². The Labute approximate surface area is 166 Å². The van der Waals surface area contributed by atoms with E-state index in [1.54, 1.807) is 0 Å². The van der Waals surface area contributed by atoms with E-state index in [9.17, 15) is 8.78 Å². The van der Waals surface area contributed by atoms with Crippen molar-refractivity contribution in [3.63, 3.8) is 0 Å². The molecule has 28 heavy (non-hydrogen) atoms. The Morgan fingerprint density at radius 3 is 2.46 bits per heavy atom.